The van der Waals surface area contributed by atoms with Gasteiger partial charge >= 0.3 is 6.09 Å². The van der Waals surface area contributed by atoms with Gasteiger partial charge in [-0.15, -0.1) is 0 Å². The van der Waals surface area contributed by atoms with E-state index in [0.717, 1.165) is 16.9 Å². The molecule has 0 aliphatic heterocycles. The van der Waals surface area contributed by atoms with Gasteiger partial charge in [0, 0.05) is 24.1 Å². The Bertz CT molecular complexity index is 1140. The minimum atomic E-state index is -0.699. The number of rotatable bonds is 8. The minimum absolute atomic E-state index is 0.0243. The van der Waals surface area contributed by atoms with Gasteiger partial charge in [-0.1, -0.05) is 43.7 Å². The fourth-order valence-corrected chi connectivity index (χ4v) is 6.91. The third-order valence-corrected chi connectivity index (χ3v) is 9.28. The van der Waals surface area contributed by atoms with Crippen LogP contribution in [0.25, 0.3) is 0 Å². The molecule has 2 aliphatic carbocycles. The van der Waals surface area contributed by atoms with E-state index in [0.29, 0.717) is 37.9 Å². The van der Waals surface area contributed by atoms with Crippen molar-refractivity contribution in [3.05, 3.63) is 59.7 Å². The molecule has 2 aromatic rings. The maximum absolute atomic E-state index is 13.0. The molecule has 0 spiro atoms. The summed E-state index contributed by atoms with van der Waals surface area (Å²) in [6.07, 6.45) is 1.02. The molecule has 0 heterocycles. The van der Waals surface area contributed by atoms with E-state index in [-0.39, 0.29) is 36.2 Å². The number of hydrogen-bond donors (Lipinski definition) is 4. The molecule has 2 fully saturated rings. The van der Waals surface area contributed by atoms with E-state index in [4.69, 9.17) is 9.47 Å². The number of anilines is 1. The lowest BCUT2D eigenvalue weighted by Gasteiger charge is -2.60. The molecule has 8 nitrogen and oxygen atoms in total. The van der Waals surface area contributed by atoms with Gasteiger partial charge in [-0.05, 0) is 79.7 Å². The third kappa shape index (κ3) is 6.23. The highest BCUT2D eigenvalue weighted by Gasteiger charge is 2.60. The first kappa shape index (κ1) is 28.9. The molecule has 39 heavy (non-hydrogen) atoms. The molecule has 0 saturated heterocycles. The summed E-state index contributed by atoms with van der Waals surface area (Å²) in [6.45, 7) is 6.32. The Morgan fingerprint density at radius 3 is 2.36 bits per heavy atom. The zero-order chi connectivity index (χ0) is 28.2. The van der Waals surface area contributed by atoms with Gasteiger partial charge in [0.1, 0.15) is 11.9 Å². The first-order chi connectivity index (χ1) is 18.6. The number of benzene rings is 2. The molecule has 2 aromatic carbocycles. The minimum Gasteiger partial charge on any atom is -0.497 e. The van der Waals surface area contributed by atoms with E-state index in [9.17, 15) is 19.8 Å². The van der Waals surface area contributed by atoms with Crippen LogP contribution < -0.4 is 15.4 Å². The summed E-state index contributed by atoms with van der Waals surface area (Å²) in [5.41, 5.74) is 1.62. The Hall–Kier alpha value is -3.10. The van der Waals surface area contributed by atoms with Crippen molar-refractivity contribution in [2.45, 2.75) is 71.6 Å². The molecule has 4 N–H and O–H groups in total. The molecule has 0 radical (unpaired) electrons. The van der Waals surface area contributed by atoms with Gasteiger partial charge in [-0.25, -0.2) is 4.79 Å². The molecule has 0 aromatic heterocycles. The van der Waals surface area contributed by atoms with Crippen molar-refractivity contribution in [3.8, 4) is 5.75 Å². The molecular formula is C31H42N2O6. The molecule has 2 saturated carbocycles. The van der Waals surface area contributed by atoms with Crippen LogP contribution in [-0.2, 0) is 16.1 Å². The summed E-state index contributed by atoms with van der Waals surface area (Å²) in [4.78, 5) is 25.8. The quantitative estimate of drug-likeness (QED) is 0.383. The average molecular weight is 539 g/mol. The first-order valence-corrected chi connectivity index (χ1v) is 13.8. The highest BCUT2D eigenvalue weighted by Crippen LogP contribution is 2.61. The van der Waals surface area contributed by atoms with Crippen molar-refractivity contribution in [1.82, 2.24) is 5.32 Å². The first-order valence-electron chi connectivity index (χ1n) is 13.8. The largest absolute Gasteiger partial charge is 0.497 e. The number of carbonyl (C=O) groups excluding carboxylic acids is 2. The van der Waals surface area contributed by atoms with Crippen molar-refractivity contribution < 1.29 is 29.3 Å². The Morgan fingerprint density at radius 2 is 1.72 bits per heavy atom. The summed E-state index contributed by atoms with van der Waals surface area (Å²) in [7, 11) is 1.61. The average Bonchev–Trinajstić information content (AvgIpc) is 2.93. The maximum atomic E-state index is 13.0. The van der Waals surface area contributed by atoms with E-state index in [1.807, 2.05) is 62.4 Å². The summed E-state index contributed by atoms with van der Waals surface area (Å²) >= 11 is 0. The van der Waals surface area contributed by atoms with Gasteiger partial charge in [0.05, 0.1) is 19.8 Å². The van der Waals surface area contributed by atoms with Crippen molar-refractivity contribution >= 4 is 17.7 Å². The number of amides is 2. The third-order valence-electron chi connectivity index (χ3n) is 9.28. The number of ether oxygens (including phenoxy) is 2. The Labute approximate surface area is 231 Å². The van der Waals surface area contributed by atoms with Gasteiger partial charge in [0.15, 0.2) is 0 Å². The van der Waals surface area contributed by atoms with Gasteiger partial charge in [-0.2, -0.15) is 0 Å². The van der Waals surface area contributed by atoms with Crippen LogP contribution in [-0.4, -0.2) is 48.1 Å². The molecule has 6 unspecified atom stereocenters. The van der Waals surface area contributed by atoms with Crippen molar-refractivity contribution in [3.63, 3.8) is 0 Å². The van der Waals surface area contributed by atoms with Crippen molar-refractivity contribution in [1.29, 1.82) is 0 Å². The fraction of sp³-hybridized carbons (Fsp3) is 0.548. The lowest BCUT2D eigenvalue weighted by atomic mass is 9.46. The van der Waals surface area contributed by atoms with E-state index < -0.39 is 23.7 Å². The molecule has 8 heteroatoms. The van der Waals surface area contributed by atoms with E-state index >= 15 is 0 Å². The predicted molar refractivity (Wildman–Crippen MR) is 149 cm³/mol. The standard InChI is InChI=1S/C31H42N2O6/c1-20-5-9-22(10-6-20)33-29(37)39-27-15-16-30(2)24(25(35)13-14-26(30)31(27,3)19-34)17-28(36)32-18-21-7-11-23(38-4)12-8-21/h5-12,24-27,34-35H,13-19H2,1-4H3,(H,32,36)(H,33,37). The van der Waals surface area contributed by atoms with Crippen LogP contribution >= 0.6 is 0 Å². The number of aliphatic hydroxyl groups excluding tert-OH is 2. The van der Waals surface area contributed by atoms with Crippen LogP contribution in [0.2, 0.25) is 0 Å². The van der Waals surface area contributed by atoms with Crippen LogP contribution in [0.1, 0.15) is 57.1 Å². The van der Waals surface area contributed by atoms with E-state index in [2.05, 4.69) is 17.6 Å². The topological polar surface area (TPSA) is 117 Å². The molecule has 2 amide bonds. The number of aliphatic hydroxyl groups is 2. The maximum Gasteiger partial charge on any atom is 0.411 e. The molecular weight excluding hydrogens is 496 g/mol. The number of aryl methyl sites for hydroxylation is 1. The second kappa shape index (κ2) is 12.0. The number of methoxy groups -OCH3 is 1. The zero-order valence-electron chi connectivity index (χ0n) is 23.4. The summed E-state index contributed by atoms with van der Waals surface area (Å²) in [6, 6.07) is 15.0. The second-order valence-electron chi connectivity index (χ2n) is 11.7. The molecule has 6 atom stereocenters. The highest BCUT2D eigenvalue weighted by atomic mass is 16.6. The number of nitrogens with one attached hydrogen (secondary N) is 2. The SMILES string of the molecule is COc1ccc(CNC(=O)CC2C(O)CCC3C(C)(CO)C(OC(=O)Nc4ccc(C)cc4)CCC23C)cc1. The Morgan fingerprint density at radius 1 is 1.03 bits per heavy atom. The number of hydrogen-bond acceptors (Lipinski definition) is 6. The molecule has 2 aliphatic rings. The van der Waals surface area contributed by atoms with E-state index in [1.54, 1.807) is 7.11 Å². The van der Waals surface area contributed by atoms with Crippen LogP contribution in [0, 0.1) is 29.6 Å². The van der Waals surface area contributed by atoms with E-state index in [1.165, 1.54) is 0 Å². The van der Waals surface area contributed by atoms with Crippen molar-refractivity contribution in [2.75, 3.05) is 19.0 Å². The molecule has 212 valence electrons. The summed E-state index contributed by atoms with van der Waals surface area (Å²) < 4.78 is 11.1. The number of carbonyl (C=O) groups is 2. The molecule has 0 bridgehead atoms. The lowest BCUT2D eigenvalue weighted by Crippen LogP contribution is -2.61. The Kier molecular flexibility index (Phi) is 8.86. The highest BCUT2D eigenvalue weighted by molar-refractivity contribution is 5.84. The zero-order valence-corrected chi connectivity index (χ0v) is 23.4. The second-order valence-corrected chi connectivity index (χ2v) is 11.7. The van der Waals surface area contributed by atoms with Gasteiger partial charge in [0.25, 0.3) is 0 Å². The van der Waals surface area contributed by atoms with Gasteiger partial charge < -0.3 is 25.0 Å². The molecule has 4 rings (SSSR count). The van der Waals surface area contributed by atoms with Crippen LogP contribution in [0.3, 0.4) is 0 Å². The predicted octanol–water partition coefficient (Wildman–Crippen LogP) is 4.81. The van der Waals surface area contributed by atoms with Crippen LogP contribution in [0.15, 0.2) is 48.5 Å². The lowest BCUT2D eigenvalue weighted by molar-refractivity contribution is -0.185. The summed E-state index contributed by atoms with van der Waals surface area (Å²) in [5.74, 6) is 0.357. The smallest absolute Gasteiger partial charge is 0.411 e. The van der Waals surface area contributed by atoms with Crippen molar-refractivity contribution in [2.24, 2.45) is 22.7 Å². The normalized spacial score (nSPS) is 30.1. The Balaban J connectivity index is 1.43. The summed E-state index contributed by atoms with van der Waals surface area (Å²) in [5, 5.41) is 27.5. The fourth-order valence-electron chi connectivity index (χ4n) is 6.91. The van der Waals surface area contributed by atoms with Gasteiger partial charge in [0.2, 0.25) is 5.91 Å². The van der Waals surface area contributed by atoms with Gasteiger partial charge in [-0.3, -0.25) is 10.1 Å². The van der Waals surface area contributed by atoms with Crippen LogP contribution in [0.5, 0.6) is 5.75 Å². The monoisotopic (exact) mass is 538 g/mol. The van der Waals surface area contributed by atoms with Crippen LogP contribution in [0.4, 0.5) is 10.5 Å². The number of fused-ring (bicyclic) bond motifs is 1.